The van der Waals surface area contributed by atoms with Gasteiger partial charge in [0, 0.05) is 6.20 Å². The molecule has 0 saturated carbocycles. The second-order valence-corrected chi connectivity index (χ2v) is 3.50. The Morgan fingerprint density at radius 2 is 2.43 bits per heavy atom. The van der Waals surface area contributed by atoms with Crippen molar-refractivity contribution >= 4 is 23.5 Å². The van der Waals surface area contributed by atoms with Crippen molar-refractivity contribution in [3.63, 3.8) is 0 Å². The normalized spacial score (nSPS) is 15.6. The van der Waals surface area contributed by atoms with Gasteiger partial charge in [0.05, 0.1) is 24.4 Å². The molecule has 1 aromatic rings. The third-order valence-corrected chi connectivity index (χ3v) is 2.39. The summed E-state index contributed by atoms with van der Waals surface area (Å²) in [6.45, 7) is 0.809. The Labute approximate surface area is 86.1 Å². The monoisotopic (exact) mass is 211 g/mol. The molecule has 5 nitrogen and oxygen atoms in total. The van der Waals surface area contributed by atoms with Gasteiger partial charge >= 0.3 is 0 Å². The predicted molar refractivity (Wildman–Crippen MR) is 54.7 cm³/mol. The topological polar surface area (TPSA) is 50.1 Å². The summed E-state index contributed by atoms with van der Waals surface area (Å²) in [5.41, 5.74) is 1.78. The highest BCUT2D eigenvalue weighted by molar-refractivity contribution is 6.99. The molecule has 1 aromatic heterocycles. The molecule has 0 aromatic carbocycles. The fraction of sp³-hybridized carbons (Fsp3) is 0.375. The van der Waals surface area contributed by atoms with Gasteiger partial charge in [-0.2, -0.15) is 4.37 Å². The first-order chi connectivity index (χ1) is 6.81. The fourth-order valence-corrected chi connectivity index (χ4v) is 1.78. The molecule has 74 valence electrons. The Morgan fingerprint density at radius 1 is 1.57 bits per heavy atom. The van der Waals surface area contributed by atoms with Gasteiger partial charge in [-0.05, 0) is 0 Å². The van der Waals surface area contributed by atoms with E-state index >= 15 is 0 Å². The lowest BCUT2D eigenvalue weighted by atomic mass is 10.2. The summed E-state index contributed by atoms with van der Waals surface area (Å²) in [7, 11) is 3.59. The highest BCUT2D eigenvalue weighted by atomic mass is 32.1. The third-order valence-electron chi connectivity index (χ3n) is 1.88. The summed E-state index contributed by atoms with van der Waals surface area (Å²) in [5.74, 6) is 0.578. The number of hydrogen-bond acceptors (Lipinski definition) is 5. The zero-order valence-electron chi connectivity index (χ0n) is 8.02. The van der Waals surface area contributed by atoms with Gasteiger partial charge in [-0.3, -0.25) is 0 Å². The molecule has 0 bridgehead atoms. The van der Waals surface area contributed by atoms with Crippen molar-refractivity contribution in [3.05, 3.63) is 11.9 Å². The van der Waals surface area contributed by atoms with E-state index in [1.807, 2.05) is 24.0 Å². The maximum atomic E-state index is 5.10. The maximum Gasteiger partial charge on any atom is 0.253 e. The van der Waals surface area contributed by atoms with Crippen LogP contribution in [0.1, 0.15) is 5.69 Å². The van der Waals surface area contributed by atoms with Crippen molar-refractivity contribution in [2.45, 2.75) is 0 Å². The number of ether oxygens (including phenoxy) is 1. The van der Waals surface area contributed by atoms with Crippen molar-refractivity contribution in [2.24, 2.45) is 0 Å². The highest BCUT2D eigenvalue weighted by Gasteiger charge is 2.17. The minimum absolute atomic E-state index is 0.578. The largest absolute Gasteiger partial charge is 0.479 e. The summed E-state index contributed by atoms with van der Waals surface area (Å²) in [6, 6.07) is 0. The van der Waals surface area contributed by atoms with E-state index in [2.05, 4.69) is 14.1 Å². The number of nitrogens with zero attached hydrogens (tertiary/aromatic N) is 3. The summed E-state index contributed by atoms with van der Waals surface area (Å²) in [5, 5.41) is 3.14. The zero-order valence-corrected chi connectivity index (χ0v) is 8.84. The van der Waals surface area contributed by atoms with Crippen LogP contribution in [0.4, 0.5) is 0 Å². The zero-order chi connectivity index (χ0) is 9.97. The lowest BCUT2D eigenvalue weighted by molar-refractivity contribution is -0.496. The molecule has 2 heterocycles. The van der Waals surface area contributed by atoms with E-state index in [4.69, 9.17) is 4.74 Å². The summed E-state index contributed by atoms with van der Waals surface area (Å²) in [4.78, 5) is 0. The molecule has 0 saturated heterocycles. The number of aromatic nitrogens is 2. The van der Waals surface area contributed by atoms with Gasteiger partial charge in [0.1, 0.15) is 7.05 Å². The van der Waals surface area contributed by atoms with Crippen molar-refractivity contribution in [1.82, 2.24) is 14.1 Å². The molecular weight excluding hydrogens is 200 g/mol. The molecule has 0 aliphatic carbocycles. The van der Waals surface area contributed by atoms with E-state index in [-0.39, 0.29) is 0 Å². The number of nitrogens with one attached hydrogen (secondary N) is 1. The van der Waals surface area contributed by atoms with Crippen molar-refractivity contribution in [1.29, 1.82) is 0 Å². The van der Waals surface area contributed by atoms with Crippen LogP contribution in [0.15, 0.2) is 6.20 Å². The number of hydrogen-bond donors (Lipinski definition) is 1. The van der Waals surface area contributed by atoms with Crippen LogP contribution in [0, 0.1) is 0 Å². The Morgan fingerprint density at radius 3 is 3.14 bits per heavy atom. The van der Waals surface area contributed by atoms with Crippen LogP contribution in [-0.4, -0.2) is 40.4 Å². The molecule has 0 spiro atoms. The van der Waals surface area contributed by atoms with Crippen LogP contribution in [-0.2, 0) is 0 Å². The molecule has 0 amide bonds. The SMILES string of the molecule is COc1nsnc1C1=CNC[N+](C)=C1. The van der Waals surface area contributed by atoms with E-state index in [0.29, 0.717) is 5.88 Å². The van der Waals surface area contributed by atoms with Gasteiger partial charge in [0.2, 0.25) is 6.67 Å². The van der Waals surface area contributed by atoms with Gasteiger partial charge in [-0.1, -0.05) is 0 Å². The smallest absolute Gasteiger partial charge is 0.253 e. The Kier molecular flexibility index (Phi) is 2.45. The van der Waals surface area contributed by atoms with Gasteiger partial charge < -0.3 is 10.1 Å². The summed E-state index contributed by atoms with van der Waals surface area (Å²) >= 11 is 1.15. The second-order valence-electron chi connectivity index (χ2n) is 2.97. The molecular formula is C8H11N4OS+. The number of allylic oxidation sites excluding steroid dienone is 1. The van der Waals surface area contributed by atoms with E-state index in [9.17, 15) is 0 Å². The summed E-state index contributed by atoms with van der Waals surface area (Å²) < 4.78 is 15.4. The lowest BCUT2D eigenvalue weighted by Gasteiger charge is -2.06. The molecule has 1 aliphatic heterocycles. The molecule has 2 rings (SSSR count). The van der Waals surface area contributed by atoms with Crippen molar-refractivity contribution < 1.29 is 9.31 Å². The predicted octanol–water partition coefficient (Wildman–Crippen LogP) is 0.161. The first-order valence-electron chi connectivity index (χ1n) is 4.17. The van der Waals surface area contributed by atoms with Gasteiger partial charge in [-0.15, -0.1) is 4.37 Å². The molecule has 0 unspecified atom stereocenters. The summed E-state index contributed by atoms with van der Waals surface area (Å²) in [6.07, 6.45) is 3.93. The lowest BCUT2D eigenvalue weighted by Crippen LogP contribution is -2.25. The first-order valence-corrected chi connectivity index (χ1v) is 4.90. The molecule has 6 heteroatoms. The Balaban J connectivity index is 2.35. The number of methoxy groups -OCH3 is 1. The van der Waals surface area contributed by atoms with Gasteiger partial charge in [0.25, 0.3) is 5.88 Å². The van der Waals surface area contributed by atoms with Gasteiger partial charge in [0.15, 0.2) is 11.9 Å². The van der Waals surface area contributed by atoms with Crippen molar-refractivity contribution in [2.75, 3.05) is 20.8 Å². The van der Waals surface area contributed by atoms with E-state index in [1.165, 1.54) is 0 Å². The molecule has 0 atom stereocenters. The second kappa shape index (κ2) is 3.75. The molecule has 0 radical (unpaired) electrons. The molecule has 1 aliphatic rings. The maximum absolute atomic E-state index is 5.10. The van der Waals surface area contributed by atoms with Crippen LogP contribution in [0.3, 0.4) is 0 Å². The molecule has 0 fully saturated rings. The fourth-order valence-electron chi connectivity index (χ4n) is 1.24. The minimum atomic E-state index is 0.578. The molecule has 14 heavy (non-hydrogen) atoms. The Bertz CT molecular complexity index is 396. The quantitative estimate of drug-likeness (QED) is 0.708. The minimum Gasteiger partial charge on any atom is -0.479 e. The average Bonchev–Trinajstić information content (AvgIpc) is 2.65. The first kappa shape index (κ1) is 9.14. The average molecular weight is 211 g/mol. The van der Waals surface area contributed by atoms with Crippen molar-refractivity contribution in [3.8, 4) is 5.88 Å². The van der Waals surface area contributed by atoms with E-state index in [1.54, 1.807) is 7.11 Å². The number of rotatable bonds is 2. The molecule has 1 N–H and O–H groups in total. The highest BCUT2D eigenvalue weighted by Crippen LogP contribution is 2.22. The standard InChI is InChI=1S/C8H10N4OS/c1-12-4-6(3-9-5-12)7-8(13-2)11-14-10-7/h3-4H,5H2,1-2H3/p+1. The van der Waals surface area contributed by atoms with Crippen LogP contribution < -0.4 is 10.1 Å². The van der Waals surface area contributed by atoms with Crippen LogP contribution in [0.25, 0.3) is 5.57 Å². The van der Waals surface area contributed by atoms with E-state index in [0.717, 1.165) is 29.7 Å². The van der Waals surface area contributed by atoms with Gasteiger partial charge in [-0.25, -0.2) is 4.58 Å². The Hall–Kier alpha value is -1.43. The third kappa shape index (κ3) is 1.60. The van der Waals surface area contributed by atoms with Crippen LogP contribution in [0.5, 0.6) is 5.88 Å². The van der Waals surface area contributed by atoms with Crippen LogP contribution >= 0.6 is 11.7 Å². The van der Waals surface area contributed by atoms with Crippen LogP contribution in [0.2, 0.25) is 0 Å². The van der Waals surface area contributed by atoms with E-state index < -0.39 is 0 Å².